The molecule has 6 nitrogen and oxygen atoms in total. The standard InChI is InChI=1S/C40H35F2N5O/c1-38(41,42)35-25-28(19-22-44-35)36-33-26-32(46-24-21-39(37(46)48)20-23-43-27-39)17-18-34(33)47(45-36)40(29-11-5-2-6-12-29,30-13-7-3-8-14-30)31-15-9-4-10-16-31/h2-19,22,25-26,43H,20-21,23-24,27H2,1H3. The molecule has 1 unspecified atom stereocenters. The Bertz CT molecular complexity index is 2010. The third-order valence-corrected chi connectivity index (χ3v) is 10.1. The molecule has 8 rings (SSSR count). The largest absolute Gasteiger partial charge is 0.316 e. The quantitative estimate of drug-likeness (QED) is 0.181. The Morgan fingerprint density at radius 2 is 1.42 bits per heavy atom. The van der Waals surface area contributed by atoms with Gasteiger partial charge in [0.25, 0.3) is 5.92 Å². The summed E-state index contributed by atoms with van der Waals surface area (Å²) >= 11 is 0. The van der Waals surface area contributed by atoms with Crippen LogP contribution >= 0.6 is 0 Å². The summed E-state index contributed by atoms with van der Waals surface area (Å²) in [5, 5.41) is 9.51. The summed E-state index contributed by atoms with van der Waals surface area (Å²) in [5.74, 6) is -3.00. The summed E-state index contributed by atoms with van der Waals surface area (Å²) in [6.45, 7) is 3.00. The van der Waals surface area contributed by atoms with Crippen molar-refractivity contribution < 1.29 is 13.6 Å². The topological polar surface area (TPSA) is 63.1 Å². The fourth-order valence-electron chi connectivity index (χ4n) is 7.67. The Morgan fingerprint density at radius 3 is 1.98 bits per heavy atom. The van der Waals surface area contributed by atoms with E-state index < -0.39 is 11.5 Å². The normalized spacial score (nSPS) is 18.3. The summed E-state index contributed by atoms with van der Waals surface area (Å²) in [6, 6.07) is 39.9. The lowest BCUT2D eigenvalue weighted by atomic mass is 9.77. The van der Waals surface area contributed by atoms with Crippen LogP contribution in [-0.2, 0) is 16.3 Å². The maximum absolute atomic E-state index is 14.6. The number of benzene rings is 4. The second-order valence-electron chi connectivity index (χ2n) is 13.0. The van der Waals surface area contributed by atoms with Crippen molar-refractivity contribution in [2.45, 2.75) is 31.2 Å². The molecule has 1 spiro atoms. The van der Waals surface area contributed by atoms with Crippen molar-refractivity contribution in [3.8, 4) is 11.3 Å². The van der Waals surface area contributed by atoms with Gasteiger partial charge in [-0.3, -0.25) is 9.78 Å². The molecule has 2 aromatic heterocycles. The number of amides is 1. The number of nitrogens with one attached hydrogen (secondary N) is 1. The molecule has 0 radical (unpaired) electrons. The van der Waals surface area contributed by atoms with Gasteiger partial charge in [-0.2, -0.15) is 13.9 Å². The van der Waals surface area contributed by atoms with Gasteiger partial charge in [0, 0.05) is 42.8 Å². The molecular weight excluding hydrogens is 604 g/mol. The highest BCUT2D eigenvalue weighted by molar-refractivity contribution is 6.03. The van der Waals surface area contributed by atoms with Crippen LogP contribution in [0, 0.1) is 5.41 Å². The molecule has 1 N–H and O–H groups in total. The maximum Gasteiger partial charge on any atom is 0.286 e. The lowest BCUT2D eigenvalue weighted by Gasteiger charge is -2.37. The van der Waals surface area contributed by atoms with Crippen LogP contribution in [0.5, 0.6) is 0 Å². The van der Waals surface area contributed by atoms with Crippen LogP contribution in [0.4, 0.5) is 14.5 Å². The minimum absolute atomic E-state index is 0.129. The van der Waals surface area contributed by atoms with Crippen LogP contribution in [-0.4, -0.2) is 40.3 Å². The zero-order valence-corrected chi connectivity index (χ0v) is 26.6. The van der Waals surface area contributed by atoms with Crippen LogP contribution in [0.2, 0.25) is 0 Å². The maximum atomic E-state index is 14.6. The first-order chi connectivity index (χ1) is 23.3. The predicted octanol–water partition coefficient (Wildman–Crippen LogP) is 7.77. The third kappa shape index (κ3) is 4.73. The van der Waals surface area contributed by atoms with Crippen LogP contribution in [0.1, 0.15) is 42.1 Å². The number of halogens is 2. The van der Waals surface area contributed by atoms with E-state index in [1.807, 2.05) is 82.4 Å². The summed E-state index contributed by atoms with van der Waals surface area (Å²) in [6.07, 6.45) is 3.03. The number of alkyl halides is 2. The number of carbonyl (C=O) groups excluding carboxylic acids is 1. The molecule has 2 saturated heterocycles. The number of carbonyl (C=O) groups is 1. The molecule has 240 valence electrons. The highest BCUT2D eigenvalue weighted by atomic mass is 19.3. The van der Waals surface area contributed by atoms with Crippen molar-refractivity contribution in [1.29, 1.82) is 0 Å². The number of hydrogen-bond acceptors (Lipinski definition) is 4. The molecule has 2 fully saturated rings. The zero-order valence-electron chi connectivity index (χ0n) is 26.6. The molecule has 6 aromatic rings. The molecule has 1 amide bonds. The third-order valence-electron chi connectivity index (χ3n) is 10.1. The van der Waals surface area contributed by atoms with Gasteiger partial charge in [-0.1, -0.05) is 91.0 Å². The van der Waals surface area contributed by atoms with Gasteiger partial charge in [-0.15, -0.1) is 0 Å². The minimum atomic E-state index is -3.13. The highest BCUT2D eigenvalue weighted by Crippen LogP contribution is 2.46. The van der Waals surface area contributed by atoms with Gasteiger partial charge in [0.15, 0.2) is 0 Å². The van der Waals surface area contributed by atoms with E-state index in [-0.39, 0.29) is 17.0 Å². The SMILES string of the molecule is CC(F)(F)c1cc(-c2nn(C(c3ccccc3)(c3ccccc3)c3ccccc3)c3ccc(N4CCC5(CCNC5)C4=O)cc23)ccn1. The van der Waals surface area contributed by atoms with Crippen LogP contribution < -0.4 is 10.2 Å². The average molecular weight is 640 g/mol. The lowest BCUT2D eigenvalue weighted by molar-refractivity contribution is -0.124. The molecule has 2 aliphatic rings. The van der Waals surface area contributed by atoms with E-state index in [0.717, 1.165) is 59.6 Å². The number of pyridine rings is 1. The molecular formula is C40H35F2N5O. The van der Waals surface area contributed by atoms with Crippen LogP contribution in [0.15, 0.2) is 128 Å². The van der Waals surface area contributed by atoms with E-state index in [2.05, 4.69) is 46.7 Å². The van der Waals surface area contributed by atoms with E-state index in [0.29, 0.717) is 24.3 Å². The van der Waals surface area contributed by atoms with Gasteiger partial charge in [0.1, 0.15) is 16.9 Å². The number of rotatable bonds is 7. The molecule has 4 aromatic carbocycles. The van der Waals surface area contributed by atoms with E-state index in [1.54, 1.807) is 6.07 Å². The van der Waals surface area contributed by atoms with Crippen molar-refractivity contribution in [3.63, 3.8) is 0 Å². The van der Waals surface area contributed by atoms with Crippen LogP contribution in [0.3, 0.4) is 0 Å². The van der Waals surface area contributed by atoms with Gasteiger partial charge in [-0.25, -0.2) is 4.68 Å². The molecule has 2 aliphatic heterocycles. The fraction of sp³-hybridized carbons (Fsp3) is 0.225. The van der Waals surface area contributed by atoms with E-state index in [9.17, 15) is 13.6 Å². The Morgan fingerprint density at radius 1 is 0.792 bits per heavy atom. The lowest BCUT2D eigenvalue weighted by Crippen LogP contribution is -2.38. The molecule has 0 saturated carbocycles. The zero-order chi connectivity index (χ0) is 32.9. The molecule has 0 aliphatic carbocycles. The van der Waals surface area contributed by atoms with E-state index in [4.69, 9.17) is 5.10 Å². The monoisotopic (exact) mass is 639 g/mol. The molecule has 1 atom stereocenters. The predicted molar refractivity (Wildman–Crippen MR) is 184 cm³/mol. The van der Waals surface area contributed by atoms with Crippen molar-refractivity contribution in [2.24, 2.45) is 5.41 Å². The van der Waals surface area contributed by atoms with Gasteiger partial charge in [-0.05, 0) is 66.4 Å². The number of fused-ring (bicyclic) bond motifs is 1. The van der Waals surface area contributed by atoms with Crippen LogP contribution in [0.25, 0.3) is 22.2 Å². The first-order valence-electron chi connectivity index (χ1n) is 16.4. The Kier molecular flexibility index (Phi) is 7.22. The molecule has 48 heavy (non-hydrogen) atoms. The summed E-state index contributed by atoms with van der Waals surface area (Å²) in [5.41, 5.74) is 3.96. The summed E-state index contributed by atoms with van der Waals surface area (Å²) in [4.78, 5) is 19.8. The smallest absolute Gasteiger partial charge is 0.286 e. The van der Waals surface area contributed by atoms with Crippen molar-refractivity contribution in [3.05, 3.63) is 150 Å². The van der Waals surface area contributed by atoms with Crippen molar-refractivity contribution >= 4 is 22.5 Å². The molecule has 4 heterocycles. The number of nitrogens with zero attached hydrogens (tertiary/aromatic N) is 4. The summed E-state index contributed by atoms with van der Waals surface area (Å²) in [7, 11) is 0. The van der Waals surface area contributed by atoms with Gasteiger partial charge < -0.3 is 10.2 Å². The number of hydrogen-bond donors (Lipinski definition) is 1. The van der Waals surface area contributed by atoms with Gasteiger partial charge >= 0.3 is 0 Å². The highest BCUT2D eigenvalue weighted by Gasteiger charge is 2.49. The number of anilines is 1. The van der Waals surface area contributed by atoms with E-state index >= 15 is 0 Å². The Hall–Kier alpha value is -5.21. The summed E-state index contributed by atoms with van der Waals surface area (Å²) < 4.78 is 31.3. The minimum Gasteiger partial charge on any atom is -0.316 e. The first kappa shape index (κ1) is 30.1. The molecule has 0 bridgehead atoms. The molecule has 8 heteroatoms. The second-order valence-corrected chi connectivity index (χ2v) is 13.0. The van der Waals surface area contributed by atoms with Gasteiger partial charge in [0.2, 0.25) is 5.91 Å². The fourth-order valence-corrected chi connectivity index (χ4v) is 7.67. The Balaban J connectivity index is 1.43. The average Bonchev–Trinajstić information content (AvgIpc) is 3.84. The Labute approximate surface area is 278 Å². The van der Waals surface area contributed by atoms with Crippen molar-refractivity contribution in [1.82, 2.24) is 20.1 Å². The van der Waals surface area contributed by atoms with Gasteiger partial charge in [0.05, 0.1) is 10.9 Å². The van der Waals surface area contributed by atoms with E-state index in [1.165, 1.54) is 12.3 Å². The second kappa shape index (κ2) is 11.5. The number of aromatic nitrogens is 3. The first-order valence-corrected chi connectivity index (χ1v) is 16.4. The van der Waals surface area contributed by atoms with Crippen molar-refractivity contribution in [2.75, 3.05) is 24.5 Å².